The summed E-state index contributed by atoms with van der Waals surface area (Å²) in [7, 11) is 0. The first-order valence-corrected chi connectivity index (χ1v) is 5.49. The molecule has 6 heteroatoms. The van der Waals surface area contributed by atoms with Crippen molar-refractivity contribution in [3.8, 4) is 0 Å². The van der Waals surface area contributed by atoms with E-state index in [2.05, 4.69) is 26.6 Å². The Morgan fingerprint density at radius 1 is 1.50 bits per heavy atom. The summed E-state index contributed by atoms with van der Waals surface area (Å²) in [6.07, 6.45) is 0. The molecule has 0 spiro atoms. The van der Waals surface area contributed by atoms with Crippen LogP contribution in [0.4, 0.5) is 10.1 Å². The summed E-state index contributed by atoms with van der Waals surface area (Å²) in [5.74, 6) is -0.848. The van der Waals surface area contributed by atoms with Crippen molar-refractivity contribution in [3.05, 3.63) is 28.5 Å². The summed E-state index contributed by atoms with van der Waals surface area (Å²) in [5, 5.41) is 13.6. The second-order valence-corrected chi connectivity index (χ2v) is 3.99. The Hall–Kier alpha value is -0.980. The van der Waals surface area contributed by atoms with E-state index < -0.39 is 5.82 Å². The van der Waals surface area contributed by atoms with E-state index in [4.69, 9.17) is 5.11 Å². The second kappa shape index (κ2) is 6.57. The molecule has 0 atom stereocenters. The van der Waals surface area contributed by atoms with Crippen LogP contribution in [0.25, 0.3) is 0 Å². The van der Waals surface area contributed by atoms with Crippen molar-refractivity contribution in [2.75, 3.05) is 25.0 Å². The Morgan fingerprint density at radius 3 is 2.88 bits per heavy atom. The van der Waals surface area contributed by atoms with E-state index in [0.717, 1.165) is 0 Å². The SMILES string of the molecule is O=C(CNCCO)Nc1ccc(Br)cc1F. The number of aliphatic hydroxyl groups is 1. The molecule has 0 heterocycles. The molecule has 4 nitrogen and oxygen atoms in total. The smallest absolute Gasteiger partial charge is 0.238 e. The molecular formula is C10H12BrFN2O2. The maximum absolute atomic E-state index is 13.3. The maximum atomic E-state index is 13.3. The number of anilines is 1. The average molecular weight is 291 g/mol. The van der Waals surface area contributed by atoms with E-state index in [1.54, 1.807) is 6.07 Å². The van der Waals surface area contributed by atoms with Gasteiger partial charge in [0.05, 0.1) is 18.8 Å². The number of halogens is 2. The second-order valence-electron chi connectivity index (χ2n) is 3.07. The van der Waals surface area contributed by atoms with Crippen molar-refractivity contribution in [2.45, 2.75) is 0 Å². The number of aliphatic hydroxyl groups excluding tert-OH is 1. The maximum Gasteiger partial charge on any atom is 0.238 e. The van der Waals surface area contributed by atoms with Crippen molar-refractivity contribution < 1.29 is 14.3 Å². The molecule has 0 fully saturated rings. The van der Waals surface area contributed by atoms with Crippen LogP contribution < -0.4 is 10.6 Å². The fraction of sp³-hybridized carbons (Fsp3) is 0.300. The first kappa shape index (κ1) is 13.1. The van der Waals surface area contributed by atoms with E-state index in [-0.39, 0.29) is 24.7 Å². The van der Waals surface area contributed by atoms with E-state index in [1.807, 2.05) is 0 Å². The van der Waals surface area contributed by atoms with Crippen molar-refractivity contribution in [1.82, 2.24) is 5.32 Å². The van der Waals surface area contributed by atoms with E-state index in [0.29, 0.717) is 11.0 Å². The lowest BCUT2D eigenvalue weighted by Crippen LogP contribution is -2.30. The number of carbonyl (C=O) groups is 1. The lowest BCUT2D eigenvalue weighted by Gasteiger charge is -2.07. The third-order valence-corrected chi connectivity index (χ3v) is 2.27. The molecule has 88 valence electrons. The van der Waals surface area contributed by atoms with Crippen LogP contribution in [0.2, 0.25) is 0 Å². The predicted molar refractivity (Wildman–Crippen MR) is 62.7 cm³/mol. The number of nitrogens with one attached hydrogen (secondary N) is 2. The summed E-state index contributed by atoms with van der Waals surface area (Å²) in [5.41, 5.74) is 0.138. The van der Waals surface area contributed by atoms with Gasteiger partial charge in [-0.3, -0.25) is 4.79 Å². The summed E-state index contributed by atoms with van der Waals surface area (Å²) in [4.78, 5) is 11.3. The quantitative estimate of drug-likeness (QED) is 0.712. The van der Waals surface area contributed by atoms with Crippen LogP contribution in [-0.2, 0) is 4.79 Å². The largest absolute Gasteiger partial charge is 0.395 e. The molecule has 3 N–H and O–H groups in total. The molecule has 0 saturated heterocycles. The van der Waals surface area contributed by atoms with Gasteiger partial charge in [0.25, 0.3) is 0 Å². The number of benzene rings is 1. The van der Waals surface area contributed by atoms with E-state index in [1.165, 1.54) is 12.1 Å². The lowest BCUT2D eigenvalue weighted by molar-refractivity contribution is -0.115. The molecule has 0 aliphatic carbocycles. The van der Waals surface area contributed by atoms with Crippen LogP contribution in [0.3, 0.4) is 0 Å². The average Bonchev–Trinajstić information content (AvgIpc) is 2.23. The van der Waals surface area contributed by atoms with Gasteiger partial charge in [-0.25, -0.2) is 4.39 Å². The minimum Gasteiger partial charge on any atom is -0.395 e. The van der Waals surface area contributed by atoms with Crippen LogP contribution in [0.1, 0.15) is 0 Å². The molecule has 0 aromatic heterocycles. The summed E-state index contributed by atoms with van der Waals surface area (Å²) < 4.78 is 13.9. The minimum atomic E-state index is -0.495. The Balaban J connectivity index is 2.49. The summed E-state index contributed by atoms with van der Waals surface area (Å²) in [6, 6.07) is 4.39. The minimum absolute atomic E-state index is 0.0378. The highest BCUT2D eigenvalue weighted by Crippen LogP contribution is 2.18. The molecule has 0 aliphatic heterocycles. The summed E-state index contributed by atoms with van der Waals surface area (Å²) >= 11 is 3.12. The van der Waals surface area contributed by atoms with Crippen LogP contribution in [-0.4, -0.2) is 30.7 Å². The van der Waals surface area contributed by atoms with Gasteiger partial charge >= 0.3 is 0 Å². The Morgan fingerprint density at radius 2 is 2.25 bits per heavy atom. The van der Waals surface area contributed by atoms with Gasteiger partial charge in [-0.1, -0.05) is 15.9 Å². The zero-order chi connectivity index (χ0) is 12.0. The number of rotatable bonds is 5. The van der Waals surface area contributed by atoms with E-state index in [9.17, 15) is 9.18 Å². The fourth-order valence-corrected chi connectivity index (χ4v) is 1.40. The molecular weight excluding hydrogens is 279 g/mol. The molecule has 16 heavy (non-hydrogen) atoms. The highest BCUT2D eigenvalue weighted by atomic mass is 79.9. The van der Waals surface area contributed by atoms with Gasteiger partial charge in [-0.2, -0.15) is 0 Å². The highest BCUT2D eigenvalue weighted by molar-refractivity contribution is 9.10. The Bertz CT molecular complexity index is 374. The van der Waals surface area contributed by atoms with Gasteiger partial charge in [0.2, 0.25) is 5.91 Å². The molecule has 1 rings (SSSR count). The van der Waals surface area contributed by atoms with Gasteiger partial charge < -0.3 is 15.7 Å². The third kappa shape index (κ3) is 4.26. The topological polar surface area (TPSA) is 61.4 Å². The monoisotopic (exact) mass is 290 g/mol. The Kier molecular flexibility index (Phi) is 5.37. The number of hydrogen-bond acceptors (Lipinski definition) is 3. The molecule has 0 aliphatic rings. The standard InChI is InChI=1S/C10H12BrFN2O2/c11-7-1-2-9(8(12)5-7)14-10(16)6-13-3-4-15/h1-2,5,13,15H,3-4,6H2,(H,14,16). The molecule has 1 aromatic carbocycles. The third-order valence-electron chi connectivity index (χ3n) is 1.78. The van der Waals surface area contributed by atoms with Gasteiger partial charge in [0.15, 0.2) is 0 Å². The zero-order valence-corrected chi connectivity index (χ0v) is 10.1. The number of hydrogen-bond donors (Lipinski definition) is 3. The first-order valence-electron chi connectivity index (χ1n) is 4.70. The van der Waals surface area contributed by atoms with Crippen LogP contribution in [0.15, 0.2) is 22.7 Å². The van der Waals surface area contributed by atoms with Crippen molar-refractivity contribution in [1.29, 1.82) is 0 Å². The first-order chi connectivity index (χ1) is 7.63. The molecule has 1 aromatic rings. The van der Waals surface area contributed by atoms with Gasteiger partial charge in [-0.15, -0.1) is 0 Å². The Labute approximate surface area is 101 Å². The van der Waals surface area contributed by atoms with Gasteiger partial charge in [0.1, 0.15) is 5.82 Å². The lowest BCUT2D eigenvalue weighted by atomic mass is 10.3. The summed E-state index contributed by atoms with van der Waals surface area (Å²) in [6.45, 7) is 0.326. The van der Waals surface area contributed by atoms with Crippen LogP contribution in [0, 0.1) is 5.82 Å². The van der Waals surface area contributed by atoms with E-state index >= 15 is 0 Å². The predicted octanol–water partition coefficient (Wildman–Crippen LogP) is 1.11. The van der Waals surface area contributed by atoms with Crippen LogP contribution in [0.5, 0.6) is 0 Å². The zero-order valence-electron chi connectivity index (χ0n) is 8.46. The molecule has 1 amide bonds. The van der Waals surface area contributed by atoms with Crippen molar-refractivity contribution >= 4 is 27.5 Å². The van der Waals surface area contributed by atoms with Gasteiger partial charge in [0, 0.05) is 11.0 Å². The van der Waals surface area contributed by atoms with Crippen molar-refractivity contribution in [2.24, 2.45) is 0 Å². The number of carbonyl (C=O) groups excluding carboxylic acids is 1. The molecule has 0 saturated carbocycles. The van der Waals surface area contributed by atoms with Crippen LogP contribution >= 0.6 is 15.9 Å². The number of amides is 1. The highest BCUT2D eigenvalue weighted by Gasteiger charge is 2.06. The molecule has 0 radical (unpaired) electrons. The van der Waals surface area contributed by atoms with Crippen molar-refractivity contribution in [3.63, 3.8) is 0 Å². The molecule has 0 unspecified atom stereocenters. The fourth-order valence-electron chi connectivity index (χ4n) is 1.07. The normalized spacial score (nSPS) is 10.2. The van der Waals surface area contributed by atoms with Gasteiger partial charge in [-0.05, 0) is 18.2 Å². The molecule has 0 bridgehead atoms.